The van der Waals surface area contributed by atoms with Crippen molar-refractivity contribution in [2.24, 2.45) is 0 Å². The van der Waals surface area contributed by atoms with Crippen molar-refractivity contribution in [2.45, 2.75) is 13.3 Å². The van der Waals surface area contributed by atoms with E-state index >= 15 is 0 Å². The van der Waals surface area contributed by atoms with Crippen LogP contribution in [0.25, 0.3) is 6.08 Å². The summed E-state index contributed by atoms with van der Waals surface area (Å²) in [6.45, 7) is 1.92. The van der Waals surface area contributed by atoms with Gasteiger partial charge in [-0.25, -0.2) is 4.39 Å². The zero-order chi connectivity index (χ0) is 16.1. The fraction of sp³-hybridized carbons (Fsp3) is 0.143. The molecule has 0 aliphatic heterocycles. The van der Waals surface area contributed by atoms with Crippen LogP contribution in [0.3, 0.4) is 0 Å². The molecule has 2 rings (SSSR count). The van der Waals surface area contributed by atoms with Crippen LogP contribution < -0.4 is 5.32 Å². The molecule has 0 fully saturated rings. The smallest absolute Gasteiger partial charge is 0.268 e. The maximum Gasteiger partial charge on any atom is 0.268 e. The summed E-state index contributed by atoms with van der Waals surface area (Å²) in [7, 11) is 0. The van der Waals surface area contributed by atoms with Crippen LogP contribution in [0.2, 0.25) is 5.02 Å². The highest BCUT2D eigenvalue weighted by Crippen LogP contribution is 2.21. The van der Waals surface area contributed by atoms with E-state index in [1.807, 2.05) is 6.92 Å². The van der Waals surface area contributed by atoms with Crippen LogP contribution in [-0.2, 0) is 11.2 Å². The van der Waals surface area contributed by atoms with Crippen LogP contribution in [-0.4, -0.2) is 16.1 Å². The molecule has 0 aliphatic carbocycles. The SMILES string of the molecule is CCc1nnc(NC(=O)C(C#N)=Cc2ccc(F)cc2Cl)s1. The highest BCUT2D eigenvalue weighted by molar-refractivity contribution is 7.15. The van der Waals surface area contributed by atoms with Gasteiger partial charge in [0.25, 0.3) is 5.91 Å². The molecule has 1 aromatic carbocycles. The molecular weight excluding hydrogens is 327 g/mol. The standard InChI is InChI=1S/C14H10ClFN4OS/c1-2-12-19-20-14(22-12)18-13(21)9(7-17)5-8-3-4-10(16)6-11(8)15/h3-6H,2H2,1H3,(H,18,20,21). The molecule has 0 atom stereocenters. The minimum atomic E-state index is -0.623. The molecule has 0 bridgehead atoms. The molecular formula is C14H10ClFN4OS. The highest BCUT2D eigenvalue weighted by Gasteiger charge is 2.13. The van der Waals surface area contributed by atoms with Crippen molar-refractivity contribution in [3.8, 4) is 6.07 Å². The summed E-state index contributed by atoms with van der Waals surface area (Å²) in [5, 5.41) is 20.5. The molecule has 0 saturated heterocycles. The fourth-order valence-electron chi connectivity index (χ4n) is 1.53. The zero-order valence-electron chi connectivity index (χ0n) is 11.4. The molecule has 1 amide bonds. The van der Waals surface area contributed by atoms with E-state index in [0.29, 0.717) is 17.1 Å². The molecule has 0 saturated carbocycles. The molecule has 1 aromatic heterocycles. The number of rotatable bonds is 4. The summed E-state index contributed by atoms with van der Waals surface area (Å²) in [5.41, 5.74) is 0.211. The number of carbonyl (C=O) groups excluding carboxylic acids is 1. The minimum Gasteiger partial charge on any atom is -0.296 e. The lowest BCUT2D eigenvalue weighted by Gasteiger charge is -2.01. The number of hydrogen-bond donors (Lipinski definition) is 1. The quantitative estimate of drug-likeness (QED) is 0.685. The Balaban J connectivity index is 2.21. The first-order valence-electron chi connectivity index (χ1n) is 6.24. The van der Waals surface area contributed by atoms with Gasteiger partial charge in [0.05, 0.1) is 5.02 Å². The van der Waals surface area contributed by atoms with Gasteiger partial charge in [0.1, 0.15) is 22.5 Å². The number of amides is 1. The summed E-state index contributed by atoms with van der Waals surface area (Å²) in [5.74, 6) is -1.12. The third kappa shape index (κ3) is 3.87. The topological polar surface area (TPSA) is 78.7 Å². The normalized spacial score (nSPS) is 11.1. The largest absolute Gasteiger partial charge is 0.296 e. The van der Waals surface area contributed by atoms with Crippen molar-refractivity contribution in [1.82, 2.24) is 10.2 Å². The Morgan fingerprint density at radius 1 is 1.55 bits per heavy atom. The molecule has 0 unspecified atom stereocenters. The van der Waals surface area contributed by atoms with Crippen LogP contribution in [0, 0.1) is 17.1 Å². The first-order chi connectivity index (χ1) is 10.5. The third-order valence-electron chi connectivity index (χ3n) is 2.62. The van der Waals surface area contributed by atoms with E-state index in [9.17, 15) is 9.18 Å². The second kappa shape index (κ2) is 7.11. The van der Waals surface area contributed by atoms with E-state index in [1.54, 1.807) is 6.07 Å². The van der Waals surface area contributed by atoms with Gasteiger partial charge in [-0.3, -0.25) is 10.1 Å². The van der Waals surface area contributed by atoms with Crippen LogP contribution in [0.5, 0.6) is 0 Å². The second-order valence-electron chi connectivity index (χ2n) is 4.14. The van der Waals surface area contributed by atoms with Crippen LogP contribution in [0.15, 0.2) is 23.8 Å². The van der Waals surface area contributed by atoms with E-state index in [-0.39, 0.29) is 10.6 Å². The number of nitrogens with one attached hydrogen (secondary N) is 1. The van der Waals surface area contributed by atoms with Gasteiger partial charge in [-0.15, -0.1) is 10.2 Å². The fourth-order valence-corrected chi connectivity index (χ4v) is 2.43. The Labute approximate surface area is 135 Å². The Morgan fingerprint density at radius 3 is 2.91 bits per heavy atom. The van der Waals surface area contributed by atoms with Crippen LogP contribution >= 0.6 is 22.9 Å². The number of nitrogens with zero attached hydrogens (tertiary/aromatic N) is 3. The number of carbonyl (C=O) groups is 1. The number of aromatic nitrogens is 2. The molecule has 5 nitrogen and oxygen atoms in total. The lowest BCUT2D eigenvalue weighted by atomic mass is 10.1. The zero-order valence-corrected chi connectivity index (χ0v) is 13.0. The van der Waals surface area contributed by atoms with Crippen molar-refractivity contribution in [1.29, 1.82) is 5.26 Å². The summed E-state index contributed by atoms with van der Waals surface area (Å²) in [4.78, 5) is 12.0. The van der Waals surface area contributed by atoms with Gasteiger partial charge >= 0.3 is 0 Å². The van der Waals surface area contributed by atoms with Crippen LogP contribution in [0.4, 0.5) is 9.52 Å². The maximum atomic E-state index is 13.0. The summed E-state index contributed by atoms with van der Waals surface area (Å²) < 4.78 is 13.0. The molecule has 0 radical (unpaired) electrons. The van der Waals surface area contributed by atoms with Crippen molar-refractivity contribution in [3.05, 3.63) is 45.2 Å². The number of nitriles is 1. The first-order valence-corrected chi connectivity index (χ1v) is 7.43. The van der Waals surface area contributed by atoms with Crippen molar-refractivity contribution >= 4 is 40.1 Å². The first kappa shape index (κ1) is 16.1. The number of halogens is 2. The lowest BCUT2D eigenvalue weighted by molar-refractivity contribution is -0.112. The van der Waals surface area contributed by atoms with E-state index in [0.717, 1.165) is 11.1 Å². The van der Waals surface area contributed by atoms with E-state index < -0.39 is 11.7 Å². The average Bonchev–Trinajstić information content (AvgIpc) is 2.94. The molecule has 112 valence electrons. The highest BCUT2D eigenvalue weighted by atomic mass is 35.5. The summed E-state index contributed by atoms with van der Waals surface area (Å²) >= 11 is 7.11. The summed E-state index contributed by atoms with van der Waals surface area (Å²) in [6.07, 6.45) is 2.00. The Kier molecular flexibility index (Phi) is 5.20. The maximum absolute atomic E-state index is 13.0. The predicted molar refractivity (Wildman–Crippen MR) is 82.9 cm³/mol. The predicted octanol–water partition coefficient (Wildman–Crippen LogP) is 3.44. The molecule has 1 N–H and O–H groups in total. The van der Waals surface area contributed by atoms with Gasteiger partial charge < -0.3 is 0 Å². The van der Waals surface area contributed by atoms with Crippen molar-refractivity contribution in [3.63, 3.8) is 0 Å². The van der Waals surface area contributed by atoms with Gasteiger partial charge in [0, 0.05) is 0 Å². The van der Waals surface area contributed by atoms with Gasteiger partial charge in [0.15, 0.2) is 0 Å². The third-order valence-corrected chi connectivity index (χ3v) is 3.93. The number of anilines is 1. The molecule has 0 spiro atoms. The van der Waals surface area contributed by atoms with Gasteiger partial charge in [-0.1, -0.05) is 35.9 Å². The molecule has 0 aliphatic rings. The van der Waals surface area contributed by atoms with Gasteiger partial charge in [-0.2, -0.15) is 5.26 Å². The van der Waals surface area contributed by atoms with Crippen LogP contribution in [0.1, 0.15) is 17.5 Å². The summed E-state index contributed by atoms with van der Waals surface area (Å²) in [6, 6.07) is 5.48. The Morgan fingerprint density at radius 2 is 2.32 bits per heavy atom. The minimum absolute atomic E-state index is 0.115. The molecule has 2 aromatic rings. The van der Waals surface area contributed by atoms with Crippen molar-refractivity contribution in [2.75, 3.05) is 5.32 Å². The number of hydrogen-bond acceptors (Lipinski definition) is 5. The van der Waals surface area contributed by atoms with Gasteiger partial charge in [0.2, 0.25) is 5.13 Å². The second-order valence-corrected chi connectivity index (χ2v) is 5.61. The monoisotopic (exact) mass is 336 g/mol. The molecule has 1 heterocycles. The van der Waals surface area contributed by atoms with Gasteiger partial charge in [-0.05, 0) is 30.2 Å². The van der Waals surface area contributed by atoms with E-state index in [4.69, 9.17) is 16.9 Å². The Hall–Kier alpha value is -2.30. The average molecular weight is 337 g/mol. The number of aryl methyl sites for hydroxylation is 1. The number of benzene rings is 1. The van der Waals surface area contributed by atoms with E-state index in [2.05, 4.69) is 15.5 Å². The van der Waals surface area contributed by atoms with Crippen molar-refractivity contribution < 1.29 is 9.18 Å². The Bertz CT molecular complexity index is 781. The molecule has 22 heavy (non-hydrogen) atoms. The lowest BCUT2D eigenvalue weighted by Crippen LogP contribution is -2.13. The van der Waals surface area contributed by atoms with E-state index in [1.165, 1.54) is 29.5 Å². The molecule has 8 heteroatoms.